The Kier molecular flexibility index (Phi) is 6.78. The van der Waals surface area contributed by atoms with Crippen molar-refractivity contribution in [3.05, 3.63) is 40.3 Å². The summed E-state index contributed by atoms with van der Waals surface area (Å²) in [4.78, 5) is 6.15. The van der Waals surface area contributed by atoms with Crippen LogP contribution >= 0.6 is 11.3 Å². The second-order valence-electron chi connectivity index (χ2n) is 8.04. The summed E-state index contributed by atoms with van der Waals surface area (Å²) >= 11 is 1.86. The van der Waals surface area contributed by atoms with Crippen LogP contribution in [0.3, 0.4) is 0 Å². The van der Waals surface area contributed by atoms with Crippen molar-refractivity contribution in [3.63, 3.8) is 0 Å². The molecule has 1 unspecified atom stereocenters. The third-order valence-electron chi connectivity index (χ3n) is 5.66. The predicted molar refractivity (Wildman–Crippen MR) is 116 cm³/mol. The normalized spacial score (nSPS) is 19.2. The molecule has 2 heterocycles. The zero-order valence-corrected chi connectivity index (χ0v) is 18.1. The lowest BCUT2D eigenvalue weighted by Crippen LogP contribution is -2.46. The minimum atomic E-state index is -1.05. The van der Waals surface area contributed by atoms with Gasteiger partial charge < -0.3 is 15.7 Å². The van der Waals surface area contributed by atoms with Crippen molar-refractivity contribution in [1.29, 1.82) is 0 Å². The summed E-state index contributed by atoms with van der Waals surface area (Å²) < 4.78 is 1.70. The number of hydrogen-bond acceptors (Lipinski definition) is 4. The highest BCUT2D eigenvalue weighted by atomic mass is 32.1. The fourth-order valence-electron chi connectivity index (χ4n) is 3.94. The van der Waals surface area contributed by atoms with Crippen LogP contribution in [0.15, 0.2) is 34.9 Å². The number of nitrogens with zero attached hydrogens (tertiary/aromatic N) is 3. The Morgan fingerprint density at radius 3 is 2.75 bits per heavy atom. The summed E-state index contributed by atoms with van der Waals surface area (Å²) in [5.41, 5.74) is -0.0848. The molecule has 0 aliphatic heterocycles. The molecule has 1 aliphatic rings. The minimum absolute atomic E-state index is 0.189. The van der Waals surface area contributed by atoms with E-state index in [1.54, 1.807) is 17.8 Å². The van der Waals surface area contributed by atoms with E-state index < -0.39 is 5.60 Å². The van der Waals surface area contributed by atoms with Crippen molar-refractivity contribution >= 4 is 17.3 Å². The number of aliphatic imine (C=N–C) groups is 1. The van der Waals surface area contributed by atoms with Crippen molar-refractivity contribution in [2.24, 2.45) is 12.0 Å². The molecule has 0 amide bonds. The summed E-state index contributed by atoms with van der Waals surface area (Å²) in [6.07, 6.45) is 9.86. The van der Waals surface area contributed by atoms with Crippen LogP contribution in [0.2, 0.25) is 0 Å². The van der Waals surface area contributed by atoms with Crippen LogP contribution in [0.4, 0.5) is 0 Å². The Hall–Kier alpha value is -1.86. The maximum Gasteiger partial charge on any atom is 0.191 e. The van der Waals surface area contributed by atoms with Gasteiger partial charge in [-0.05, 0) is 38.1 Å². The molecule has 0 spiro atoms. The molecule has 3 N–H and O–H groups in total. The maximum atomic E-state index is 10.8. The molecule has 28 heavy (non-hydrogen) atoms. The molecule has 2 aromatic rings. The van der Waals surface area contributed by atoms with Crippen LogP contribution in [0.1, 0.15) is 56.4 Å². The van der Waals surface area contributed by atoms with Crippen LogP contribution in [-0.4, -0.2) is 40.5 Å². The van der Waals surface area contributed by atoms with Gasteiger partial charge in [-0.25, -0.2) is 4.99 Å². The lowest BCUT2D eigenvalue weighted by molar-refractivity contribution is 0.0671. The lowest BCUT2D eigenvalue weighted by Gasteiger charge is -2.37. The number of thiophene rings is 1. The molecule has 1 atom stereocenters. The summed E-state index contributed by atoms with van der Waals surface area (Å²) in [7, 11) is 1.85. The molecule has 154 valence electrons. The summed E-state index contributed by atoms with van der Waals surface area (Å²) in [6.45, 7) is 5.78. The summed E-state index contributed by atoms with van der Waals surface area (Å²) in [5, 5.41) is 24.0. The first-order chi connectivity index (χ1) is 13.5. The SMILES string of the molecule is CCNC(=NCC(C)(O)c1cnn(C)c1)NCC1(c2cccs2)CCCCC1. The average Bonchev–Trinajstić information content (AvgIpc) is 3.37. The van der Waals surface area contributed by atoms with Gasteiger partial charge in [0, 0.05) is 42.2 Å². The Morgan fingerprint density at radius 2 is 2.14 bits per heavy atom. The second kappa shape index (κ2) is 9.09. The quantitative estimate of drug-likeness (QED) is 0.490. The number of nitrogens with one attached hydrogen (secondary N) is 2. The Labute approximate surface area is 172 Å². The average molecular weight is 404 g/mol. The second-order valence-corrected chi connectivity index (χ2v) is 8.99. The number of rotatable bonds is 7. The van der Waals surface area contributed by atoms with Crippen LogP contribution in [0.25, 0.3) is 0 Å². The lowest BCUT2D eigenvalue weighted by atomic mass is 9.73. The van der Waals surface area contributed by atoms with E-state index >= 15 is 0 Å². The van der Waals surface area contributed by atoms with E-state index in [0.717, 1.165) is 24.6 Å². The zero-order chi connectivity index (χ0) is 20.0. The molecule has 7 heteroatoms. The predicted octanol–water partition coefficient (Wildman–Crippen LogP) is 3.15. The van der Waals surface area contributed by atoms with Gasteiger partial charge in [0.2, 0.25) is 0 Å². The summed E-state index contributed by atoms with van der Waals surface area (Å²) in [5.74, 6) is 0.758. The minimum Gasteiger partial charge on any atom is -0.383 e. The first-order valence-corrected chi connectivity index (χ1v) is 11.1. The first-order valence-electron chi connectivity index (χ1n) is 10.2. The number of aromatic nitrogens is 2. The van der Waals surface area contributed by atoms with Crippen molar-refractivity contribution in [1.82, 2.24) is 20.4 Å². The third-order valence-corrected chi connectivity index (χ3v) is 6.78. The standard InChI is InChI=1S/C21H33N5OS/c1-4-22-19(23-15-20(2,27)17-13-25-26(3)14-17)24-16-21(10-6-5-7-11-21)18-9-8-12-28-18/h8-9,12-14,27H,4-7,10-11,15-16H2,1-3H3,(H2,22,23,24). The topological polar surface area (TPSA) is 74.5 Å². The number of hydrogen-bond donors (Lipinski definition) is 3. The van der Waals surface area contributed by atoms with Gasteiger partial charge in [0.05, 0.1) is 12.7 Å². The molecule has 0 aromatic carbocycles. The smallest absolute Gasteiger partial charge is 0.191 e. The van der Waals surface area contributed by atoms with Gasteiger partial charge in [0.1, 0.15) is 5.60 Å². The van der Waals surface area contributed by atoms with E-state index in [1.807, 2.05) is 24.6 Å². The van der Waals surface area contributed by atoms with E-state index in [0.29, 0.717) is 0 Å². The van der Waals surface area contributed by atoms with Gasteiger partial charge in [-0.15, -0.1) is 11.3 Å². The van der Waals surface area contributed by atoms with Gasteiger partial charge in [0.25, 0.3) is 0 Å². The van der Waals surface area contributed by atoms with Gasteiger partial charge in [-0.1, -0.05) is 25.3 Å². The highest BCUT2D eigenvalue weighted by Crippen LogP contribution is 2.41. The monoisotopic (exact) mass is 403 g/mol. The van der Waals surface area contributed by atoms with Gasteiger partial charge in [0.15, 0.2) is 5.96 Å². The molecule has 0 radical (unpaired) electrons. The number of aryl methyl sites for hydroxylation is 1. The van der Waals surface area contributed by atoms with Crippen LogP contribution < -0.4 is 10.6 Å². The third kappa shape index (κ3) is 4.94. The van der Waals surface area contributed by atoms with E-state index in [2.05, 4.69) is 45.2 Å². The van der Waals surface area contributed by atoms with Gasteiger partial charge in [-0.2, -0.15) is 5.10 Å². The highest BCUT2D eigenvalue weighted by Gasteiger charge is 2.35. The van der Waals surface area contributed by atoms with Crippen LogP contribution in [0.5, 0.6) is 0 Å². The van der Waals surface area contributed by atoms with Gasteiger partial charge >= 0.3 is 0 Å². The molecule has 1 aliphatic carbocycles. The molecular formula is C21H33N5OS. The van der Waals surface area contributed by atoms with Gasteiger partial charge in [-0.3, -0.25) is 4.68 Å². The molecule has 0 saturated heterocycles. The fourth-order valence-corrected chi connectivity index (χ4v) is 4.92. The largest absolute Gasteiger partial charge is 0.383 e. The molecule has 2 aromatic heterocycles. The van der Waals surface area contributed by atoms with E-state index in [4.69, 9.17) is 0 Å². The molecule has 0 bridgehead atoms. The van der Waals surface area contributed by atoms with E-state index in [9.17, 15) is 5.11 Å². The Balaban J connectivity index is 1.70. The summed E-state index contributed by atoms with van der Waals surface area (Å²) in [6, 6.07) is 4.43. The molecule has 1 saturated carbocycles. The van der Waals surface area contributed by atoms with Crippen molar-refractivity contribution in [2.75, 3.05) is 19.6 Å². The molecule has 3 rings (SSSR count). The zero-order valence-electron chi connectivity index (χ0n) is 17.2. The Bertz CT molecular complexity index is 760. The van der Waals surface area contributed by atoms with Crippen molar-refractivity contribution in [3.8, 4) is 0 Å². The number of aliphatic hydroxyl groups is 1. The molecule has 1 fully saturated rings. The molecular weight excluding hydrogens is 370 g/mol. The maximum absolute atomic E-state index is 10.8. The van der Waals surface area contributed by atoms with E-state index in [1.165, 1.54) is 37.0 Å². The van der Waals surface area contributed by atoms with Crippen LogP contribution in [-0.2, 0) is 18.1 Å². The molecule has 6 nitrogen and oxygen atoms in total. The highest BCUT2D eigenvalue weighted by molar-refractivity contribution is 7.10. The van der Waals surface area contributed by atoms with Crippen molar-refractivity contribution in [2.45, 2.75) is 57.0 Å². The Morgan fingerprint density at radius 1 is 1.36 bits per heavy atom. The fraction of sp³-hybridized carbons (Fsp3) is 0.619. The van der Waals surface area contributed by atoms with E-state index in [-0.39, 0.29) is 12.0 Å². The first kappa shape index (κ1) is 20.9. The number of guanidine groups is 1. The van der Waals surface area contributed by atoms with Crippen molar-refractivity contribution < 1.29 is 5.11 Å². The van der Waals surface area contributed by atoms with Crippen LogP contribution in [0, 0.1) is 0 Å².